The molecule has 0 unspecified atom stereocenters. The molecule has 3 aromatic carbocycles. The van der Waals surface area contributed by atoms with Crippen LogP contribution in [0.2, 0.25) is 0 Å². The quantitative estimate of drug-likeness (QED) is 0.0412. The number of rotatable bonds is 25. The summed E-state index contributed by atoms with van der Waals surface area (Å²) in [5, 5.41) is 37.7. The molecular weight excluding hydrogens is 981 g/mol. The van der Waals surface area contributed by atoms with Crippen molar-refractivity contribution in [3.63, 3.8) is 0 Å². The number of aliphatic hydroxyl groups excluding tert-OH is 1. The number of carbonyl (C=O) groups excluding carboxylic acids is 3. The molecule has 0 saturated carbocycles. The third kappa shape index (κ3) is 14.3. The van der Waals surface area contributed by atoms with Crippen LogP contribution in [0, 0.1) is 12.3 Å². The second-order valence-electron chi connectivity index (χ2n) is 19.0. The van der Waals surface area contributed by atoms with Gasteiger partial charge in [-0.15, -0.1) is 16.4 Å². The van der Waals surface area contributed by atoms with E-state index in [2.05, 4.69) is 31.2 Å². The van der Waals surface area contributed by atoms with Crippen LogP contribution in [0.1, 0.15) is 48.8 Å². The van der Waals surface area contributed by atoms with Crippen molar-refractivity contribution < 1.29 is 48.3 Å². The van der Waals surface area contributed by atoms with Crippen molar-refractivity contribution in [1.82, 2.24) is 44.9 Å². The maximum Gasteiger partial charge on any atom is 0.335 e. The molecule has 75 heavy (non-hydrogen) atoms. The Morgan fingerprint density at radius 2 is 1.53 bits per heavy atom. The van der Waals surface area contributed by atoms with Gasteiger partial charge in [-0.1, -0.05) is 80.6 Å². The predicted molar refractivity (Wildman–Crippen MR) is 281 cm³/mol. The number of nitrogens with zero attached hydrogens (tertiary/aromatic N) is 7. The smallest absolute Gasteiger partial charge is 0.335 e. The van der Waals surface area contributed by atoms with E-state index in [4.69, 9.17) is 23.9 Å². The van der Waals surface area contributed by atoms with Crippen LogP contribution in [0.3, 0.4) is 0 Å². The van der Waals surface area contributed by atoms with E-state index in [1.165, 1.54) is 4.90 Å². The van der Waals surface area contributed by atoms with Gasteiger partial charge < -0.3 is 50.0 Å². The number of imidazole rings is 1. The Kier molecular flexibility index (Phi) is 18.1. The summed E-state index contributed by atoms with van der Waals surface area (Å²) in [6, 6.07) is 26.2. The molecule has 0 aliphatic carbocycles. The van der Waals surface area contributed by atoms with Gasteiger partial charge in [0.15, 0.2) is 0 Å². The number of amides is 3. The van der Waals surface area contributed by atoms with Gasteiger partial charge in [-0.25, -0.2) is 19.4 Å². The summed E-state index contributed by atoms with van der Waals surface area (Å²) in [6.45, 7) is 9.98. The number of thiazole rings is 1. The molecule has 1 aliphatic rings. The molecule has 1 aliphatic heterocycles. The van der Waals surface area contributed by atoms with Gasteiger partial charge >= 0.3 is 5.97 Å². The molecule has 3 amide bonds. The van der Waals surface area contributed by atoms with Crippen LogP contribution < -0.4 is 16.0 Å². The zero-order chi connectivity index (χ0) is 52.9. The van der Waals surface area contributed by atoms with E-state index < -0.39 is 41.4 Å². The fourth-order valence-electron chi connectivity index (χ4n) is 8.46. The summed E-state index contributed by atoms with van der Waals surface area (Å²) >= 11 is 1.57. The molecule has 4 aromatic heterocycles. The highest BCUT2D eigenvalue weighted by molar-refractivity contribution is 7.13. The van der Waals surface area contributed by atoms with Gasteiger partial charge in [0.05, 0.1) is 86.7 Å². The van der Waals surface area contributed by atoms with E-state index >= 15 is 0 Å². The first-order valence-corrected chi connectivity index (χ1v) is 25.5. The fraction of sp³-hybridized carbons (Fsp3) is 0.370. The number of carboxylic acids is 1. The number of fused-ring (bicyclic) bond motifs is 1. The van der Waals surface area contributed by atoms with Crippen molar-refractivity contribution in [2.24, 2.45) is 5.41 Å². The van der Waals surface area contributed by atoms with E-state index in [0.717, 1.165) is 50.0 Å². The Hall–Kier alpha value is -7.40. The average Bonchev–Trinajstić information content (AvgIpc) is 4.23. The molecule has 3 atom stereocenters. The highest BCUT2D eigenvalue weighted by Crippen LogP contribution is 2.33. The highest BCUT2D eigenvalue weighted by Gasteiger charge is 2.44. The normalized spacial score (nSPS) is 15.0. The number of pyridine rings is 1. The lowest BCUT2D eigenvalue weighted by molar-refractivity contribution is -0.144. The van der Waals surface area contributed by atoms with Gasteiger partial charge in [0, 0.05) is 42.5 Å². The van der Waals surface area contributed by atoms with Crippen molar-refractivity contribution in [2.45, 2.75) is 65.4 Å². The first kappa shape index (κ1) is 53.9. The third-order valence-corrected chi connectivity index (χ3v) is 13.4. The number of benzene rings is 3. The Bertz CT molecular complexity index is 3030. The minimum Gasteiger partial charge on any atom is -0.478 e. The lowest BCUT2D eigenvalue weighted by atomic mass is 9.85. The summed E-state index contributed by atoms with van der Waals surface area (Å²) in [5.41, 5.74) is 8.75. The molecule has 0 bridgehead atoms. The maximum absolute atomic E-state index is 14.0. The zero-order valence-electron chi connectivity index (χ0n) is 42.3. The van der Waals surface area contributed by atoms with E-state index in [1.807, 2.05) is 117 Å². The molecule has 8 rings (SSSR count). The highest BCUT2D eigenvalue weighted by atomic mass is 32.1. The number of aromatic nitrogens is 6. The van der Waals surface area contributed by atoms with E-state index in [1.54, 1.807) is 40.3 Å². The first-order valence-electron chi connectivity index (χ1n) is 24.7. The number of ether oxygens (including phenoxy) is 4. The van der Waals surface area contributed by atoms with Crippen LogP contribution in [0.25, 0.3) is 38.6 Å². The number of aryl methyl sites for hydroxylation is 1. The number of hydrogen-bond donors (Lipinski definition) is 5. The zero-order valence-corrected chi connectivity index (χ0v) is 43.1. The lowest BCUT2D eigenvalue weighted by Gasteiger charge is -2.35. The van der Waals surface area contributed by atoms with Gasteiger partial charge in [-0.2, -0.15) is 0 Å². The largest absolute Gasteiger partial charge is 0.478 e. The number of likely N-dealkylation sites (tertiary alicyclic amines) is 1. The van der Waals surface area contributed by atoms with Crippen molar-refractivity contribution >= 4 is 52.2 Å². The van der Waals surface area contributed by atoms with Gasteiger partial charge in [0.25, 0.3) is 0 Å². The van der Waals surface area contributed by atoms with Crippen LogP contribution in [0.4, 0.5) is 11.5 Å². The minimum absolute atomic E-state index is 0.0246. The summed E-state index contributed by atoms with van der Waals surface area (Å²) in [6.07, 6.45) is 2.97. The van der Waals surface area contributed by atoms with E-state index in [0.29, 0.717) is 50.9 Å². The van der Waals surface area contributed by atoms with Gasteiger partial charge in [0.2, 0.25) is 17.7 Å². The Morgan fingerprint density at radius 3 is 2.20 bits per heavy atom. The summed E-state index contributed by atoms with van der Waals surface area (Å²) in [5.74, 6) is -1.58. The number of nitrogens with one attached hydrogen (secondary N) is 3. The van der Waals surface area contributed by atoms with Gasteiger partial charge in [0.1, 0.15) is 41.5 Å². The maximum atomic E-state index is 14.0. The van der Waals surface area contributed by atoms with Gasteiger partial charge in [-0.05, 0) is 59.9 Å². The number of anilines is 2. The second kappa shape index (κ2) is 25.2. The topological polar surface area (TPSA) is 246 Å². The molecule has 0 radical (unpaired) electrons. The summed E-state index contributed by atoms with van der Waals surface area (Å²) in [4.78, 5) is 63.5. The number of aliphatic hydroxyl groups is 1. The minimum atomic E-state index is -0.990. The number of β-amino-alcohol motifs (C(OH)–C–C–N with tert-alkyl or cyclic N) is 1. The SMILES string of the molecule is Cc1ncsc1-c1ccc(CNC(=O)[C@@H]2C[C@@H](O)CN2C(=O)[C@@H](NC(=O)COCCOCCOCCOCCn2cc(-c3ccn4c(Nc5ccc(C(=O)O)cc5)c(-c5ccccc5)nc4c3)nn2)C(C)(C)C)cc1. The summed E-state index contributed by atoms with van der Waals surface area (Å²) in [7, 11) is 0. The number of aromatic carboxylic acids is 1. The molecule has 7 aromatic rings. The molecule has 1 fully saturated rings. The molecule has 5 heterocycles. The fourth-order valence-corrected chi connectivity index (χ4v) is 9.27. The van der Waals surface area contributed by atoms with Crippen molar-refractivity contribution in [2.75, 3.05) is 64.7 Å². The molecule has 0 spiro atoms. The molecule has 394 valence electrons. The van der Waals surface area contributed by atoms with Crippen LogP contribution >= 0.6 is 11.3 Å². The predicted octanol–water partition coefficient (Wildman–Crippen LogP) is 6.01. The third-order valence-electron chi connectivity index (χ3n) is 12.4. The monoisotopic (exact) mass is 1040 g/mol. The molecule has 20 nitrogen and oxygen atoms in total. The number of hydrogen-bond acceptors (Lipinski definition) is 15. The van der Waals surface area contributed by atoms with Crippen LogP contribution in [0.15, 0.2) is 109 Å². The second-order valence-corrected chi connectivity index (χ2v) is 19.9. The molecular formula is C54H62N10O10S. The van der Waals surface area contributed by atoms with E-state index in [9.17, 15) is 29.4 Å². The molecule has 21 heteroatoms. The van der Waals surface area contributed by atoms with Gasteiger partial charge in [-0.3, -0.25) is 18.8 Å². The van der Waals surface area contributed by atoms with Crippen molar-refractivity contribution in [1.29, 1.82) is 0 Å². The molecule has 1 saturated heterocycles. The van der Waals surface area contributed by atoms with Crippen molar-refractivity contribution in [3.8, 4) is 33.0 Å². The van der Waals surface area contributed by atoms with Crippen LogP contribution in [-0.4, -0.2) is 146 Å². The standard InChI is InChI=1S/C54H62N10O10S/c1-35-48(75-34-56-35)38-12-10-36(11-13-38)30-55-51(67)44-29-42(65)31-64(44)52(68)49(54(2,3)4)59-46(66)33-74-27-26-73-25-24-72-23-22-71-21-20-62-32-43(60-61-62)40-18-19-63-45(28-40)58-47(37-8-6-5-7-9-37)50(63)57-41-16-14-39(15-17-41)53(69)70/h5-19,28,32,34,42,44,49,57,65H,20-27,29-31,33H2,1-4H3,(H,55,67)(H,59,66)(H,69,70)/t42-,44+,49-/m1/s1. The Labute approximate surface area is 438 Å². The Balaban J connectivity index is 0.697. The number of carbonyl (C=O) groups is 4. The van der Waals surface area contributed by atoms with Crippen LogP contribution in [0.5, 0.6) is 0 Å². The average molecular weight is 1040 g/mol. The number of carboxylic acid groups (broad SMARTS) is 1. The molecule has 5 N–H and O–H groups in total. The van der Waals surface area contributed by atoms with Crippen LogP contribution in [-0.2, 0) is 46.4 Å². The lowest BCUT2D eigenvalue weighted by Crippen LogP contribution is -2.58. The van der Waals surface area contributed by atoms with Crippen molar-refractivity contribution in [3.05, 3.63) is 126 Å². The van der Waals surface area contributed by atoms with E-state index in [-0.39, 0.29) is 50.8 Å². The summed E-state index contributed by atoms with van der Waals surface area (Å²) < 4.78 is 26.2. The Morgan fingerprint density at radius 1 is 0.840 bits per heavy atom. The first-order chi connectivity index (χ1) is 36.2.